The second-order valence-corrected chi connectivity index (χ2v) is 11.1. The van der Waals surface area contributed by atoms with Crippen molar-refractivity contribution in [2.45, 2.75) is 26.2 Å². The van der Waals surface area contributed by atoms with E-state index >= 15 is 13.2 Å². The van der Waals surface area contributed by atoms with Crippen LogP contribution in [0.5, 0.6) is 0 Å². The lowest BCUT2D eigenvalue weighted by Gasteiger charge is -2.34. The number of ketones is 1. The first-order valence-corrected chi connectivity index (χ1v) is 14.1. The topological polar surface area (TPSA) is 95.5 Å². The van der Waals surface area contributed by atoms with E-state index in [2.05, 4.69) is 17.2 Å². The number of amides is 2. The van der Waals surface area contributed by atoms with Gasteiger partial charge in [0.25, 0.3) is 11.8 Å². The molecule has 226 valence electrons. The zero-order valence-corrected chi connectivity index (χ0v) is 24.4. The van der Waals surface area contributed by atoms with Crippen molar-refractivity contribution in [3.8, 4) is 0 Å². The number of alkyl halides is 2. The van der Waals surface area contributed by atoms with E-state index < -0.39 is 48.0 Å². The van der Waals surface area contributed by atoms with Crippen molar-refractivity contribution < 1.29 is 32.7 Å². The summed E-state index contributed by atoms with van der Waals surface area (Å²) in [5.41, 5.74) is 1.00. The molecule has 0 aromatic heterocycles. The van der Waals surface area contributed by atoms with Gasteiger partial charge in [-0.05, 0) is 54.3 Å². The van der Waals surface area contributed by atoms with Gasteiger partial charge in [0.05, 0.1) is 11.5 Å². The zero-order chi connectivity index (χ0) is 31.9. The molecule has 0 fully saturated rings. The number of hydrogen-bond donors (Lipinski definition) is 3. The van der Waals surface area contributed by atoms with Gasteiger partial charge in [-0.25, -0.2) is 13.2 Å². The smallest absolute Gasteiger partial charge is 0.251 e. The summed E-state index contributed by atoms with van der Waals surface area (Å²) < 4.78 is 47.0. The van der Waals surface area contributed by atoms with E-state index in [0.29, 0.717) is 5.56 Å². The van der Waals surface area contributed by atoms with Crippen LogP contribution >= 0.6 is 0 Å². The monoisotopic (exact) mass is 600 g/mol. The van der Waals surface area contributed by atoms with Crippen molar-refractivity contribution in [1.82, 2.24) is 10.6 Å². The molecule has 0 heterocycles. The lowest BCUT2D eigenvalue weighted by atomic mass is 9.69. The minimum Gasteiger partial charge on any atom is -0.511 e. The van der Waals surface area contributed by atoms with E-state index in [4.69, 9.17) is 0 Å². The molecule has 0 bridgehead atoms. The number of carbonyl (C=O) groups excluding carboxylic acids is 3. The molecule has 3 atom stereocenters. The van der Waals surface area contributed by atoms with Crippen molar-refractivity contribution in [2.24, 2.45) is 11.8 Å². The van der Waals surface area contributed by atoms with Gasteiger partial charge in [-0.3, -0.25) is 14.4 Å². The van der Waals surface area contributed by atoms with Gasteiger partial charge in [-0.1, -0.05) is 60.7 Å². The minimum absolute atomic E-state index is 0.00655. The molecule has 3 aliphatic rings. The molecule has 2 aromatic rings. The van der Waals surface area contributed by atoms with E-state index in [1.807, 2.05) is 0 Å². The van der Waals surface area contributed by atoms with Gasteiger partial charge < -0.3 is 15.7 Å². The molecule has 2 aromatic carbocycles. The number of halogens is 3. The first-order valence-electron chi connectivity index (χ1n) is 14.1. The van der Waals surface area contributed by atoms with Crippen LogP contribution in [-0.4, -0.2) is 48.6 Å². The van der Waals surface area contributed by atoms with Crippen LogP contribution < -0.4 is 10.6 Å². The number of carbonyl (C=O) groups is 3. The molecule has 9 heteroatoms. The largest absolute Gasteiger partial charge is 0.511 e. The molecule has 3 unspecified atom stereocenters. The minimum atomic E-state index is -2.37. The SMILES string of the molecule is C=C1C=CC(C2C(=O)C(c3ccc(C)cc3C3=C(C)C(F)C(F)C(CNC(=O)c4cccc(C(=O)NC)c4)=C3F)=C2O)C=C1. The highest BCUT2D eigenvalue weighted by Crippen LogP contribution is 2.47. The Hall–Kier alpha value is -4.92. The Morgan fingerprint density at radius 1 is 0.932 bits per heavy atom. The van der Waals surface area contributed by atoms with Gasteiger partial charge in [0.2, 0.25) is 0 Å². The molecule has 0 saturated heterocycles. The van der Waals surface area contributed by atoms with Gasteiger partial charge >= 0.3 is 0 Å². The third-order valence-electron chi connectivity index (χ3n) is 8.20. The highest BCUT2D eigenvalue weighted by atomic mass is 19.2. The second-order valence-electron chi connectivity index (χ2n) is 11.1. The van der Waals surface area contributed by atoms with Crippen LogP contribution in [-0.2, 0) is 4.79 Å². The van der Waals surface area contributed by atoms with Gasteiger partial charge in [-0.15, -0.1) is 0 Å². The predicted octanol–water partition coefficient (Wildman–Crippen LogP) is 6.24. The van der Waals surface area contributed by atoms with Crippen molar-refractivity contribution in [3.05, 3.63) is 129 Å². The standard InChI is InChI=1S/C35H31F3N2O4/c1-17-8-11-20(12-9-17)27-32(41)28(33(27)42)23-13-10-18(2)14-24(23)26-19(3)29(36)31(38)25(30(26)37)16-40-35(44)22-7-5-6-21(15-22)34(43)39-4/h5-15,20,27,29,31,41H,1,16H2,2-4H3,(H,39,43)(H,40,44). The number of nitrogens with one attached hydrogen (secondary N) is 2. The van der Waals surface area contributed by atoms with Crippen molar-refractivity contribution in [3.63, 3.8) is 0 Å². The molecule has 0 radical (unpaired) electrons. The van der Waals surface area contributed by atoms with Crippen molar-refractivity contribution >= 4 is 28.7 Å². The molecular formula is C35H31F3N2O4. The third kappa shape index (κ3) is 5.34. The first kappa shape index (κ1) is 30.5. The van der Waals surface area contributed by atoms with Gasteiger partial charge in [-0.2, -0.15) is 0 Å². The summed E-state index contributed by atoms with van der Waals surface area (Å²) in [7, 11) is 1.44. The number of hydrogen-bond acceptors (Lipinski definition) is 4. The lowest BCUT2D eigenvalue weighted by molar-refractivity contribution is -0.120. The Morgan fingerprint density at radius 2 is 1.59 bits per heavy atom. The van der Waals surface area contributed by atoms with Crippen molar-refractivity contribution in [1.29, 1.82) is 0 Å². The Labute approximate surface area is 253 Å². The molecule has 0 spiro atoms. The van der Waals surface area contributed by atoms with Crippen LogP contribution in [0.1, 0.15) is 44.3 Å². The fourth-order valence-corrected chi connectivity index (χ4v) is 5.72. The number of aliphatic hydroxyl groups is 1. The number of aryl methyl sites for hydroxylation is 1. The van der Waals surface area contributed by atoms with E-state index in [9.17, 15) is 19.5 Å². The highest BCUT2D eigenvalue weighted by Gasteiger charge is 2.45. The molecule has 3 N–H and O–H groups in total. The van der Waals surface area contributed by atoms with E-state index in [0.717, 1.165) is 5.57 Å². The van der Waals surface area contributed by atoms with Gasteiger partial charge in [0.15, 0.2) is 18.1 Å². The fraction of sp³-hybridized carbons (Fsp3) is 0.229. The highest BCUT2D eigenvalue weighted by molar-refractivity contribution is 6.30. The van der Waals surface area contributed by atoms with Crippen LogP contribution in [0.25, 0.3) is 11.1 Å². The molecule has 2 amide bonds. The summed E-state index contributed by atoms with van der Waals surface area (Å²) in [6.07, 6.45) is 2.46. The molecule has 0 aliphatic heterocycles. The summed E-state index contributed by atoms with van der Waals surface area (Å²) in [5.74, 6) is -3.92. The number of aliphatic hydroxyl groups excluding tert-OH is 1. The number of benzene rings is 2. The van der Waals surface area contributed by atoms with Crippen LogP contribution in [0, 0.1) is 18.8 Å². The first-order chi connectivity index (χ1) is 20.9. The van der Waals surface area contributed by atoms with Crippen LogP contribution in [0.3, 0.4) is 0 Å². The average Bonchev–Trinajstić information content (AvgIpc) is 3.02. The van der Waals surface area contributed by atoms with Gasteiger partial charge in [0.1, 0.15) is 11.6 Å². The van der Waals surface area contributed by atoms with E-state index in [1.165, 1.54) is 38.2 Å². The summed E-state index contributed by atoms with van der Waals surface area (Å²) in [6.45, 7) is 6.20. The number of rotatable bonds is 7. The molecule has 6 nitrogen and oxygen atoms in total. The van der Waals surface area contributed by atoms with Crippen LogP contribution in [0.4, 0.5) is 13.2 Å². The molecular weight excluding hydrogens is 569 g/mol. The fourth-order valence-electron chi connectivity index (χ4n) is 5.72. The summed E-state index contributed by atoms with van der Waals surface area (Å²) in [6, 6.07) is 10.6. The summed E-state index contributed by atoms with van der Waals surface area (Å²) >= 11 is 0. The zero-order valence-electron chi connectivity index (χ0n) is 24.4. The second kappa shape index (κ2) is 12.0. The molecule has 0 saturated carbocycles. The van der Waals surface area contributed by atoms with Crippen LogP contribution in [0.2, 0.25) is 0 Å². The summed E-state index contributed by atoms with van der Waals surface area (Å²) in [5, 5.41) is 15.9. The van der Waals surface area contributed by atoms with E-state index in [-0.39, 0.29) is 56.4 Å². The number of Topliss-reactive ketones (excluding diaryl/α,β-unsaturated/α-hetero) is 1. The molecule has 44 heavy (non-hydrogen) atoms. The quantitative estimate of drug-likeness (QED) is 0.351. The Bertz CT molecular complexity index is 1750. The maximum absolute atomic E-state index is 16.3. The number of allylic oxidation sites excluding steroid dienone is 10. The van der Waals surface area contributed by atoms with Crippen molar-refractivity contribution in [2.75, 3.05) is 13.6 Å². The third-order valence-corrected chi connectivity index (χ3v) is 8.20. The molecule has 3 aliphatic carbocycles. The average molecular weight is 601 g/mol. The maximum Gasteiger partial charge on any atom is 0.251 e. The predicted molar refractivity (Wildman–Crippen MR) is 163 cm³/mol. The Kier molecular flexibility index (Phi) is 8.32. The Balaban J connectivity index is 1.50. The van der Waals surface area contributed by atoms with E-state index in [1.54, 1.807) is 49.4 Å². The summed E-state index contributed by atoms with van der Waals surface area (Å²) in [4.78, 5) is 38.2. The maximum atomic E-state index is 16.3. The normalized spacial score (nSPS) is 22.0. The van der Waals surface area contributed by atoms with Crippen LogP contribution in [0.15, 0.2) is 102 Å². The molecule has 5 rings (SSSR count). The van der Waals surface area contributed by atoms with Gasteiger partial charge in [0, 0.05) is 41.8 Å². The Morgan fingerprint density at radius 3 is 2.23 bits per heavy atom. The lowest BCUT2D eigenvalue weighted by Crippen LogP contribution is -2.36.